The molecule has 1 saturated carbocycles. The van der Waals surface area contributed by atoms with Crippen molar-refractivity contribution in [2.24, 2.45) is 5.41 Å². The molecule has 1 fully saturated rings. The zero-order valence-electron chi connectivity index (χ0n) is 11.9. The molecule has 2 rings (SSSR count). The van der Waals surface area contributed by atoms with Crippen LogP contribution in [0.15, 0.2) is 24.4 Å². The fraction of sp³-hybridized carbons (Fsp3) is 0.400. The summed E-state index contributed by atoms with van der Waals surface area (Å²) in [5.41, 5.74) is 0.643. The van der Waals surface area contributed by atoms with E-state index in [-0.39, 0.29) is 11.1 Å². The number of hydrogen-bond acceptors (Lipinski definition) is 5. The molecule has 112 valence electrons. The van der Waals surface area contributed by atoms with Gasteiger partial charge in [0.1, 0.15) is 11.0 Å². The van der Waals surface area contributed by atoms with Gasteiger partial charge in [-0.2, -0.15) is 0 Å². The number of nitrogens with one attached hydrogen (secondary N) is 2. The minimum absolute atomic E-state index is 0.109. The van der Waals surface area contributed by atoms with Crippen LogP contribution < -0.4 is 5.32 Å². The zero-order valence-corrected chi connectivity index (χ0v) is 12.6. The van der Waals surface area contributed by atoms with Crippen molar-refractivity contribution in [3.8, 4) is 0 Å². The molecule has 0 aromatic carbocycles. The van der Waals surface area contributed by atoms with Gasteiger partial charge in [0.2, 0.25) is 5.90 Å². The van der Waals surface area contributed by atoms with E-state index in [0.29, 0.717) is 29.7 Å². The van der Waals surface area contributed by atoms with Crippen LogP contribution in [0.5, 0.6) is 0 Å². The first-order valence-electron chi connectivity index (χ1n) is 6.85. The third-order valence-electron chi connectivity index (χ3n) is 3.71. The Hall–Kier alpha value is -1.88. The molecule has 0 atom stereocenters. The first kappa shape index (κ1) is 15.5. The van der Waals surface area contributed by atoms with Crippen LogP contribution in [0.1, 0.15) is 36.5 Å². The largest absolute Gasteiger partial charge is 0.477 e. The molecule has 1 aromatic rings. The van der Waals surface area contributed by atoms with Gasteiger partial charge < -0.3 is 10.1 Å². The fourth-order valence-corrected chi connectivity index (χ4v) is 2.07. The molecule has 1 aromatic heterocycles. The summed E-state index contributed by atoms with van der Waals surface area (Å²) in [6, 6.07) is 3.22. The van der Waals surface area contributed by atoms with Gasteiger partial charge in [-0.3, -0.25) is 10.2 Å². The van der Waals surface area contributed by atoms with E-state index in [1.165, 1.54) is 18.9 Å². The van der Waals surface area contributed by atoms with Crippen molar-refractivity contribution in [1.29, 1.82) is 5.41 Å². The summed E-state index contributed by atoms with van der Waals surface area (Å²) in [7, 11) is 0. The van der Waals surface area contributed by atoms with Gasteiger partial charge >= 0.3 is 0 Å². The maximum Gasteiger partial charge on any atom is 0.207 e. The number of aromatic nitrogens is 1. The molecule has 0 spiro atoms. The highest BCUT2D eigenvalue weighted by Gasteiger charge is 2.41. The number of carbonyl (C=O) groups is 1. The Balaban J connectivity index is 1.80. The van der Waals surface area contributed by atoms with Crippen molar-refractivity contribution < 1.29 is 9.53 Å². The molecule has 6 heteroatoms. The molecule has 5 nitrogen and oxygen atoms in total. The van der Waals surface area contributed by atoms with E-state index >= 15 is 0 Å². The predicted molar refractivity (Wildman–Crippen MR) is 83.0 cm³/mol. The topological polar surface area (TPSA) is 75.1 Å². The number of rotatable bonds is 7. The number of nitrogens with zero attached hydrogens (tertiary/aromatic N) is 1. The lowest BCUT2D eigenvalue weighted by atomic mass is 10.1. The lowest BCUT2D eigenvalue weighted by Crippen LogP contribution is -2.12. The number of aldehydes is 1. The van der Waals surface area contributed by atoms with Gasteiger partial charge in [0.15, 0.2) is 6.29 Å². The Morgan fingerprint density at radius 3 is 2.90 bits per heavy atom. The third-order valence-corrected chi connectivity index (χ3v) is 4.01. The van der Waals surface area contributed by atoms with Crippen molar-refractivity contribution in [3.63, 3.8) is 0 Å². The van der Waals surface area contributed by atoms with Gasteiger partial charge in [-0.15, -0.1) is 0 Å². The molecular weight excluding hydrogens is 290 g/mol. The average Bonchev–Trinajstić information content (AvgIpc) is 3.26. The van der Waals surface area contributed by atoms with E-state index in [1.807, 2.05) is 0 Å². The molecule has 2 N–H and O–H groups in total. The maximum absolute atomic E-state index is 10.6. The number of anilines is 1. The van der Waals surface area contributed by atoms with Crippen LogP contribution in [-0.2, 0) is 4.74 Å². The summed E-state index contributed by atoms with van der Waals surface area (Å²) < 4.78 is 5.42. The molecule has 0 amide bonds. The van der Waals surface area contributed by atoms with E-state index < -0.39 is 0 Å². The van der Waals surface area contributed by atoms with Crippen LogP contribution in [0.4, 0.5) is 5.82 Å². The number of carbonyl (C=O) groups excluding carboxylic acids is 1. The highest BCUT2D eigenvalue weighted by molar-refractivity contribution is 6.31. The normalized spacial score (nSPS) is 15.7. The Morgan fingerprint density at radius 1 is 1.57 bits per heavy atom. The Morgan fingerprint density at radius 2 is 2.33 bits per heavy atom. The first-order chi connectivity index (χ1) is 10.1. The second-order valence-electron chi connectivity index (χ2n) is 5.18. The smallest absolute Gasteiger partial charge is 0.207 e. The predicted octanol–water partition coefficient (Wildman–Crippen LogP) is 3.66. The molecule has 1 heterocycles. The molecule has 0 saturated heterocycles. The van der Waals surface area contributed by atoms with Crippen molar-refractivity contribution in [2.75, 3.05) is 11.9 Å². The van der Waals surface area contributed by atoms with E-state index in [2.05, 4.69) is 17.2 Å². The van der Waals surface area contributed by atoms with E-state index in [9.17, 15) is 4.79 Å². The Bertz CT molecular complexity index is 568. The summed E-state index contributed by atoms with van der Waals surface area (Å²) >= 11 is 5.82. The van der Waals surface area contributed by atoms with Gasteiger partial charge in [-0.25, -0.2) is 4.98 Å². The van der Waals surface area contributed by atoms with Crippen LogP contribution in [0, 0.1) is 10.8 Å². The number of hydrogen-bond donors (Lipinski definition) is 2. The summed E-state index contributed by atoms with van der Waals surface area (Å²) in [6.07, 6.45) is 7.20. The maximum atomic E-state index is 10.6. The fourth-order valence-electron chi connectivity index (χ4n) is 1.87. The molecule has 0 aliphatic heterocycles. The van der Waals surface area contributed by atoms with E-state index in [4.69, 9.17) is 21.7 Å². The van der Waals surface area contributed by atoms with E-state index in [1.54, 1.807) is 18.3 Å². The van der Waals surface area contributed by atoms with Crippen molar-refractivity contribution in [1.82, 2.24) is 4.98 Å². The van der Waals surface area contributed by atoms with Crippen LogP contribution in [-0.4, -0.2) is 23.8 Å². The third kappa shape index (κ3) is 4.29. The monoisotopic (exact) mass is 307 g/mol. The summed E-state index contributed by atoms with van der Waals surface area (Å²) in [5, 5.41) is 10.7. The van der Waals surface area contributed by atoms with Crippen LogP contribution >= 0.6 is 11.6 Å². The molecule has 0 radical (unpaired) electrons. The zero-order chi connectivity index (χ0) is 15.3. The van der Waals surface area contributed by atoms with Crippen LogP contribution in [0.25, 0.3) is 0 Å². The highest BCUT2D eigenvalue weighted by Crippen LogP contribution is 2.48. The molecule has 1 aliphatic carbocycles. The molecule has 1 aliphatic rings. The SMILES string of the molecule is CCC1(COC(=N)/C=C\Nc2ccc(C=O)c(Cl)n2)CC1. The van der Waals surface area contributed by atoms with Gasteiger partial charge in [-0.05, 0) is 31.4 Å². The quantitative estimate of drug-likeness (QED) is 0.349. The van der Waals surface area contributed by atoms with Crippen LogP contribution in [0.3, 0.4) is 0 Å². The van der Waals surface area contributed by atoms with Gasteiger partial charge in [0.05, 0.1) is 12.2 Å². The highest BCUT2D eigenvalue weighted by atomic mass is 35.5. The molecule has 0 unspecified atom stereocenters. The van der Waals surface area contributed by atoms with Gasteiger partial charge in [-0.1, -0.05) is 18.5 Å². The summed E-state index contributed by atoms with van der Waals surface area (Å²) in [4.78, 5) is 14.6. The molecular formula is C15H18ClN3O2. The van der Waals surface area contributed by atoms with Crippen LogP contribution in [0.2, 0.25) is 5.15 Å². The number of ether oxygens (including phenoxy) is 1. The summed E-state index contributed by atoms with van der Waals surface area (Å²) in [6.45, 7) is 2.75. The minimum Gasteiger partial charge on any atom is -0.477 e. The van der Waals surface area contributed by atoms with Crippen molar-refractivity contribution >= 4 is 29.6 Å². The number of pyridine rings is 1. The lowest BCUT2D eigenvalue weighted by molar-refractivity contribution is 0.112. The van der Waals surface area contributed by atoms with Crippen molar-refractivity contribution in [3.05, 3.63) is 35.1 Å². The van der Waals surface area contributed by atoms with Gasteiger partial charge in [0, 0.05) is 17.7 Å². The van der Waals surface area contributed by atoms with E-state index in [0.717, 1.165) is 6.42 Å². The lowest BCUT2D eigenvalue weighted by Gasteiger charge is -2.12. The first-order valence-corrected chi connectivity index (χ1v) is 7.22. The number of halogens is 1. The second-order valence-corrected chi connectivity index (χ2v) is 5.54. The second kappa shape index (κ2) is 6.72. The van der Waals surface area contributed by atoms with Crippen molar-refractivity contribution in [2.45, 2.75) is 26.2 Å². The summed E-state index contributed by atoms with van der Waals surface area (Å²) in [5.74, 6) is 0.611. The minimum atomic E-state index is 0.109. The Kier molecular flexibility index (Phi) is 4.96. The standard InChI is InChI=1S/C15H18ClN3O2/c1-2-15(6-7-15)10-21-12(17)5-8-18-13-4-3-11(9-20)14(16)19-13/h3-5,8-9,17H,2,6-7,10H2,1H3,(H,18,19)/b8-5-,17-12?. The van der Waals surface area contributed by atoms with Gasteiger partial charge in [0.25, 0.3) is 0 Å². The average molecular weight is 308 g/mol. The molecule has 21 heavy (non-hydrogen) atoms. The Labute approximate surface area is 128 Å². The molecule has 0 bridgehead atoms.